The van der Waals surface area contributed by atoms with Crippen LogP contribution >= 0.6 is 0 Å². The second-order valence-electron chi connectivity index (χ2n) is 6.57. The molecule has 0 saturated heterocycles. The first kappa shape index (κ1) is 17.8. The fourth-order valence-corrected chi connectivity index (χ4v) is 2.80. The van der Waals surface area contributed by atoms with E-state index >= 15 is 0 Å². The number of nitrogens with two attached hydrogens (primary N) is 1. The van der Waals surface area contributed by atoms with Gasteiger partial charge in [0, 0.05) is 11.9 Å². The lowest BCUT2D eigenvalue weighted by Crippen LogP contribution is -2.54. The summed E-state index contributed by atoms with van der Waals surface area (Å²) in [6.07, 6.45) is 1.94. The van der Waals surface area contributed by atoms with Gasteiger partial charge < -0.3 is 26.1 Å². The van der Waals surface area contributed by atoms with Crippen molar-refractivity contribution in [2.24, 2.45) is 5.73 Å². The Labute approximate surface area is 150 Å². The Morgan fingerprint density at radius 2 is 2.00 bits per heavy atom. The maximum absolute atomic E-state index is 12.3. The van der Waals surface area contributed by atoms with Crippen molar-refractivity contribution in [3.05, 3.63) is 36.1 Å². The quantitative estimate of drug-likeness (QED) is 0.594. The van der Waals surface area contributed by atoms with Gasteiger partial charge in [-0.15, -0.1) is 0 Å². The number of rotatable bonds is 7. The van der Waals surface area contributed by atoms with E-state index in [0.717, 1.165) is 18.2 Å². The molecule has 3 rings (SSSR count). The van der Waals surface area contributed by atoms with E-state index in [1.54, 1.807) is 19.1 Å². The molecule has 1 fully saturated rings. The number of amides is 4. The SMILES string of the molecule is CCC(NC(N)=O)C(=O)NC1(CNC(=O)c2cc3ccccc3o2)CC1. The van der Waals surface area contributed by atoms with Gasteiger partial charge in [0.25, 0.3) is 5.91 Å². The number of para-hydroxylation sites is 1. The lowest BCUT2D eigenvalue weighted by Gasteiger charge is -2.22. The number of furan rings is 1. The molecule has 1 aliphatic rings. The van der Waals surface area contributed by atoms with Crippen LogP contribution in [-0.4, -0.2) is 36.0 Å². The largest absolute Gasteiger partial charge is 0.451 e. The number of benzene rings is 1. The van der Waals surface area contributed by atoms with Gasteiger partial charge in [0.05, 0.1) is 5.54 Å². The van der Waals surface area contributed by atoms with Crippen LogP contribution in [0.1, 0.15) is 36.7 Å². The molecule has 0 aliphatic heterocycles. The summed E-state index contributed by atoms with van der Waals surface area (Å²) >= 11 is 0. The molecule has 1 saturated carbocycles. The van der Waals surface area contributed by atoms with Gasteiger partial charge in [-0.25, -0.2) is 4.79 Å². The molecule has 2 aromatic rings. The Bertz CT molecular complexity index is 808. The Kier molecular flexibility index (Phi) is 4.83. The van der Waals surface area contributed by atoms with Gasteiger partial charge in [0.15, 0.2) is 5.76 Å². The fourth-order valence-electron chi connectivity index (χ4n) is 2.80. The van der Waals surface area contributed by atoms with Gasteiger partial charge in [0.2, 0.25) is 5.91 Å². The summed E-state index contributed by atoms with van der Waals surface area (Å²) in [6, 6.07) is 7.64. The molecule has 1 aliphatic carbocycles. The van der Waals surface area contributed by atoms with Gasteiger partial charge in [-0.2, -0.15) is 0 Å². The van der Waals surface area contributed by atoms with E-state index in [1.807, 2.05) is 18.2 Å². The van der Waals surface area contributed by atoms with Crippen molar-refractivity contribution in [3.8, 4) is 0 Å². The number of urea groups is 1. The monoisotopic (exact) mass is 358 g/mol. The zero-order valence-corrected chi connectivity index (χ0v) is 14.5. The number of primary amides is 1. The van der Waals surface area contributed by atoms with Gasteiger partial charge in [-0.05, 0) is 31.4 Å². The van der Waals surface area contributed by atoms with E-state index in [1.165, 1.54) is 0 Å². The minimum Gasteiger partial charge on any atom is -0.451 e. The molecule has 4 amide bonds. The second kappa shape index (κ2) is 7.07. The molecule has 1 aromatic carbocycles. The van der Waals surface area contributed by atoms with Crippen LogP contribution in [0.2, 0.25) is 0 Å². The number of fused-ring (bicyclic) bond motifs is 1. The van der Waals surface area contributed by atoms with Crippen molar-refractivity contribution < 1.29 is 18.8 Å². The topological polar surface area (TPSA) is 126 Å². The molecule has 1 aromatic heterocycles. The van der Waals surface area contributed by atoms with Crippen LogP contribution in [0.4, 0.5) is 4.79 Å². The van der Waals surface area contributed by atoms with E-state index in [0.29, 0.717) is 18.5 Å². The summed E-state index contributed by atoms with van der Waals surface area (Å²) in [4.78, 5) is 35.6. The van der Waals surface area contributed by atoms with Gasteiger partial charge in [0.1, 0.15) is 11.6 Å². The van der Waals surface area contributed by atoms with E-state index < -0.39 is 17.6 Å². The highest BCUT2D eigenvalue weighted by molar-refractivity contribution is 5.96. The van der Waals surface area contributed by atoms with Crippen LogP contribution in [0.3, 0.4) is 0 Å². The molecule has 26 heavy (non-hydrogen) atoms. The zero-order chi connectivity index (χ0) is 18.7. The van der Waals surface area contributed by atoms with Crippen molar-refractivity contribution in [1.29, 1.82) is 0 Å². The Morgan fingerprint density at radius 1 is 1.27 bits per heavy atom. The normalized spacial score (nSPS) is 15.9. The molecule has 1 unspecified atom stereocenters. The van der Waals surface area contributed by atoms with Crippen LogP contribution in [0.25, 0.3) is 11.0 Å². The average molecular weight is 358 g/mol. The molecule has 0 spiro atoms. The third-order valence-electron chi connectivity index (χ3n) is 4.52. The third-order valence-corrected chi connectivity index (χ3v) is 4.52. The van der Waals surface area contributed by atoms with Crippen molar-refractivity contribution >= 4 is 28.8 Å². The number of carbonyl (C=O) groups is 3. The van der Waals surface area contributed by atoms with E-state index in [4.69, 9.17) is 10.2 Å². The molecule has 1 heterocycles. The molecule has 8 heteroatoms. The smallest absolute Gasteiger partial charge is 0.312 e. The van der Waals surface area contributed by atoms with Crippen LogP contribution in [0.15, 0.2) is 34.7 Å². The fraction of sp³-hybridized carbons (Fsp3) is 0.389. The van der Waals surface area contributed by atoms with Crippen LogP contribution in [0.5, 0.6) is 0 Å². The highest BCUT2D eigenvalue weighted by atomic mass is 16.3. The highest BCUT2D eigenvalue weighted by Crippen LogP contribution is 2.34. The first-order valence-electron chi connectivity index (χ1n) is 8.57. The molecule has 0 radical (unpaired) electrons. The molecular formula is C18H22N4O4. The molecule has 5 N–H and O–H groups in total. The molecule has 1 atom stereocenters. The summed E-state index contributed by atoms with van der Waals surface area (Å²) in [5, 5.41) is 8.98. The predicted octanol–water partition coefficient (Wildman–Crippen LogP) is 1.26. The standard InChI is InChI=1S/C18H22N4O4/c1-2-12(21-17(19)25)15(23)22-18(7-8-18)10-20-16(24)14-9-11-5-3-4-6-13(11)26-14/h3-6,9,12H,2,7-8,10H2,1H3,(H,20,24)(H,22,23)(H3,19,21,25). The first-order chi connectivity index (χ1) is 12.4. The zero-order valence-electron chi connectivity index (χ0n) is 14.5. The van der Waals surface area contributed by atoms with Crippen molar-refractivity contribution in [3.63, 3.8) is 0 Å². The van der Waals surface area contributed by atoms with Crippen molar-refractivity contribution in [2.45, 2.75) is 37.8 Å². The Morgan fingerprint density at radius 3 is 2.62 bits per heavy atom. The van der Waals surface area contributed by atoms with Gasteiger partial charge in [-0.3, -0.25) is 9.59 Å². The van der Waals surface area contributed by atoms with E-state index in [9.17, 15) is 14.4 Å². The van der Waals surface area contributed by atoms with Gasteiger partial charge in [-0.1, -0.05) is 25.1 Å². The van der Waals surface area contributed by atoms with Crippen LogP contribution < -0.4 is 21.7 Å². The number of hydrogen-bond donors (Lipinski definition) is 4. The number of carbonyl (C=O) groups excluding carboxylic acids is 3. The lowest BCUT2D eigenvalue weighted by atomic mass is 10.1. The molecule has 138 valence electrons. The second-order valence-corrected chi connectivity index (χ2v) is 6.57. The average Bonchev–Trinajstić information content (AvgIpc) is 3.23. The van der Waals surface area contributed by atoms with Gasteiger partial charge >= 0.3 is 6.03 Å². The summed E-state index contributed by atoms with van der Waals surface area (Å²) in [7, 11) is 0. The molecule has 8 nitrogen and oxygen atoms in total. The van der Waals surface area contributed by atoms with Crippen LogP contribution in [0, 0.1) is 0 Å². The van der Waals surface area contributed by atoms with Crippen molar-refractivity contribution in [1.82, 2.24) is 16.0 Å². The van der Waals surface area contributed by atoms with E-state index in [2.05, 4.69) is 16.0 Å². The minimum absolute atomic E-state index is 0.232. The molecule has 0 bridgehead atoms. The number of nitrogens with one attached hydrogen (secondary N) is 3. The summed E-state index contributed by atoms with van der Waals surface area (Å²) < 4.78 is 5.54. The summed E-state index contributed by atoms with van der Waals surface area (Å²) in [5.41, 5.74) is 5.25. The van der Waals surface area contributed by atoms with Crippen molar-refractivity contribution in [2.75, 3.05) is 6.54 Å². The first-order valence-corrected chi connectivity index (χ1v) is 8.57. The molecular weight excluding hydrogens is 336 g/mol. The Hall–Kier alpha value is -3.03. The number of hydrogen-bond acceptors (Lipinski definition) is 4. The maximum Gasteiger partial charge on any atom is 0.312 e. The predicted molar refractivity (Wildman–Crippen MR) is 95.5 cm³/mol. The summed E-state index contributed by atoms with van der Waals surface area (Å²) in [5.74, 6) is -0.402. The van der Waals surface area contributed by atoms with Crippen LogP contribution in [-0.2, 0) is 4.79 Å². The Balaban J connectivity index is 1.57. The maximum atomic E-state index is 12.3. The lowest BCUT2D eigenvalue weighted by molar-refractivity contribution is -0.123. The van der Waals surface area contributed by atoms with E-state index in [-0.39, 0.29) is 17.6 Å². The minimum atomic E-state index is -0.741. The highest BCUT2D eigenvalue weighted by Gasteiger charge is 2.45. The third kappa shape index (κ3) is 3.96. The summed E-state index contributed by atoms with van der Waals surface area (Å²) in [6.45, 7) is 2.07.